The molecule has 0 radical (unpaired) electrons. The number of Topliss-reactive ketones (excluding diaryl/α,β-unsaturated/α-hetero) is 1. The van der Waals surface area contributed by atoms with Crippen LogP contribution in [-0.2, 0) is 24.9 Å². The third-order valence-electron chi connectivity index (χ3n) is 6.31. The van der Waals surface area contributed by atoms with Gasteiger partial charge in [0, 0.05) is 33.2 Å². The molecule has 0 bridgehead atoms. The topological polar surface area (TPSA) is 143 Å². The second kappa shape index (κ2) is 12.1. The third-order valence-corrected chi connectivity index (χ3v) is 7.41. The van der Waals surface area contributed by atoms with E-state index in [1.807, 2.05) is 6.07 Å². The number of carbonyl (C=O) groups excluding carboxylic acids is 4. The van der Waals surface area contributed by atoms with Crippen molar-refractivity contribution in [3.63, 3.8) is 0 Å². The fraction of sp³-hybridized carbons (Fsp3) is 0.133. The zero-order valence-electron chi connectivity index (χ0n) is 22.1. The van der Waals surface area contributed by atoms with Gasteiger partial charge in [0.25, 0.3) is 0 Å². The fourth-order valence-electron chi connectivity index (χ4n) is 4.39. The van der Waals surface area contributed by atoms with Gasteiger partial charge in [0.2, 0.25) is 11.7 Å². The van der Waals surface area contributed by atoms with Crippen LogP contribution in [0.4, 0.5) is 15.8 Å². The van der Waals surface area contributed by atoms with Gasteiger partial charge < -0.3 is 15.4 Å². The number of amides is 2. The summed E-state index contributed by atoms with van der Waals surface area (Å²) in [6, 6.07) is 20.8. The summed E-state index contributed by atoms with van der Waals surface area (Å²) in [5.74, 6) is -5.52. The van der Waals surface area contributed by atoms with Crippen molar-refractivity contribution in [2.45, 2.75) is 17.6 Å². The number of fused-ring (bicyclic) bond motifs is 3. The molecule has 5 rings (SSSR count). The van der Waals surface area contributed by atoms with E-state index in [9.17, 15) is 28.8 Å². The molecule has 0 fully saturated rings. The number of anilines is 2. The van der Waals surface area contributed by atoms with Crippen molar-refractivity contribution in [2.24, 2.45) is 5.92 Å². The molecule has 1 aromatic heterocycles. The number of benzene rings is 3. The number of para-hydroxylation sites is 1. The van der Waals surface area contributed by atoms with E-state index in [2.05, 4.69) is 15.7 Å². The zero-order chi connectivity index (χ0) is 29.8. The summed E-state index contributed by atoms with van der Waals surface area (Å²) in [4.78, 5) is 51.6. The standard InChI is InChI=1S/C30H22FN5O5S/c1-2-41-30(40)29(39)34-19-12-13-24-21(14-19)26-23(16-42-24)25(35-36(26)20-6-4-3-5-7-20)27(37)22(15-32)28(38)33-18-10-8-17(31)9-11-18/h3-14,22H,2,16H2,1H3,(H,33,38)(H,34,39). The first-order valence-corrected chi connectivity index (χ1v) is 13.7. The van der Waals surface area contributed by atoms with Crippen molar-refractivity contribution in [3.8, 4) is 23.0 Å². The molecule has 42 heavy (non-hydrogen) atoms. The summed E-state index contributed by atoms with van der Waals surface area (Å²) in [5, 5.41) is 19.4. The average Bonchev–Trinajstić information content (AvgIpc) is 3.39. The Hall–Kier alpha value is -5.28. The first-order chi connectivity index (χ1) is 20.3. The van der Waals surface area contributed by atoms with Crippen LogP contribution in [0.15, 0.2) is 77.7 Å². The minimum atomic E-state index is -1.72. The van der Waals surface area contributed by atoms with Gasteiger partial charge in [-0.3, -0.25) is 14.4 Å². The smallest absolute Gasteiger partial charge is 0.397 e. The van der Waals surface area contributed by atoms with Crippen LogP contribution in [0.25, 0.3) is 16.9 Å². The van der Waals surface area contributed by atoms with Crippen LogP contribution in [-0.4, -0.2) is 40.0 Å². The molecule has 1 aliphatic rings. The van der Waals surface area contributed by atoms with E-state index in [0.717, 1.165) is 17.0 Å². The Morgan fingerprint density at radius 1 is 1.05 bits per heavy atom. The van der Waals surface area contributed by atoms with E-state index in [0.29, 0.717) is 33.9 Å². The van der Waals surface area contributed by atoms with Crippen molar-refractivity contribution in [2.75, 3.05) is 17.2 Å². The Balaban J connectivity index is 1.55. The minimum Gasteiger partial charge on any atom is -0.459 e. The molecule has 1 atom stereocenters. The first kappa shape index (κ1) is 28.3. The van der Waals surface area contributed by atoms with Gasteiger partial charge in [0.1, 0.15) is 11.5 Å². The molecule has 3 aromatic carbocycles. The van der Waals surface area contributed by atoms with Crippen molar-refractivity contribution >= 4 is 46.7 Å². The molecule has 0 saturated heterocycles. The van der Waals surface area contributed by atoms with Gasteiger partial charge in [-0.25, -0.2) is 13.9 Å². The fourth-order valence-corrected chi connectivity index (χ4v) is 5.43. The van der Waals surface area contributed by atoms with Crippen molar-refractivity contribution in [3.05, 3.63) is 89.9 Å². The molecule has 12 heteroatoms. The molecule has 0 spiro atoms. The molecule has 1 aliphatic heterocycles. The van der Waals surface area contributed by atoms with E-state index in [1.54, 1.807) is 60.1 Å². The Morgan fingerprint density at radius 3 is 2.45 bits per heavy atom. The van der Waals surface area contributed by atoms with Gasteiger partial charge in [0.15, 0.2) is 5.92 Å². The molecule has 4 aromatic rings. The van der Waals surface area contributed by atoms with E-state index >= 15 is 0 Å². The Kier molecular flexibility index (Phi) is 8.12. The second-order valence-corrected chi connectivity index (χ2v) is 10.0. The van der Waals surface area contributed by atoms with Gasteiger partial charge in [0.05, 0.1) is 24.1 Å². The lowest BCUT2D eigenvalue weighted by molar-refractivity contribution is -0.152. The monoisotopic (exact) mass is 583 g/mol. The summed E-state index contributed by atoms with van der Waals surface area (Å²) in [5.41, 5.74) is 2.80. The van der Waals surface area contributed by atoms with Crippen molar-refractivity contribution < 1.29 is 28.3 Å². The summed E-state index contributed by atoms with van der Waals surface area (Å²) in [6.45, 7) is 1.64. The van der Waals surface area contributed by atoms with Gasteiger partial charge in [-0.05, 0) is 61.5 Å². The number of hydrogen-bond acceptors (Lipinski definition) is 8. The average molecular weight is 584 g/mol. The number of nitrogens with one attached hydrogen (secondary N) is 2. The lowest BCUT2D eigenvalue weighted by Crippen LogP contribution is -2.29. The predicted octanol–water partition coefficient (Wildman–Crippen LogP) is 4.75. The number of nitriles is 1. The molecular weight excluding hydrogens is 561 g/mol. The third kappa shape index (κ3) is 5.63. The molecule has 1 unspecified atom stereocenters. The SMILES string of the molecule is CCOC(=O)C(=O)Nc1ccc2c(c1)-c1c(c(C(=O)C(C#N)C(=O)Nc3ccc(F)cc3)nn1-c1ccccc1)CS2. The highest BCUT2D eigenvalue weighted by molar-refractivity contribution is 7.98. The Morgan fingerprint density at radius 2 is 1.76 bits per heavy atom. The van der Waals surface area contributed by atoms with Crippen LogP contribution in [0.3, 0.4) is 0 Å². The lowest BCUT2D eigenvalue weighted by atomic mass is 9.97. The number of esters is 1. The molecule has 0 saturated carbocycles. The lowest BCUT2D eigenvalue weighted by Gasteiger charge is -2.19. The molecule has 0 aliphatic carbocycles. The highest BCUT2D eigenvalue weighted by Crippen LogP contribution is 2.45. The number of nitrogens with zero attached hydrogens (tertiary/aromatic N) is 3. The zero-order valence-corrected chi connectivity index (χ0v) is 22.9. The minimum absolute atomic E-state index is 0.0474. The Bertz CT molecular complexity index is 1750. The van der Waals surface area contributed by atoms with E-state index in [4.69, 9.17) is 4.74 Å². The van der Waals surface area contributed by atoms with Crippen LogP contribution in [0.5, 0.6) is 0 Å². The normalized spacial score (nSPS) is 12.2. The first-order valence-electron chi connectivity index (χ1n) is 12.7. The number of halogens is 1. The largest absolute Gasteiger partial charge is 0.459 e. The number of ketones is 1. The number of aromatic nitrogens is 2. The second-order valence-electron chi connectivity index (χ2n) is 9.02. The molecule has 2 N–H and O–H groups in total. The van der Waals surface area contributed by atoms with Crippen molar-refractivity contribution in [1.82, 2.24) is 9.78 Å². The van der Waals surface area contributed by atoms with Crippen LogP contribution in [0.1, 0.15) is 23.0 Å². The maximum absolute atomic E-state index is 13.7. The molecule has 2 heterocycles. The Labute approximate surface area is 243 Å². The summed E-state index contributed by atoms with van der Waals surface area (Å²) >= 11 is 1.42. The van der Waals surface area contributed by atoms with Crippen LogP contribution < -0.4 is 10.6 Å². The number of thioether (sulfide) groups is 1. The van der Waals surface area contributed by atoms with Crippen molar-refractivity contribution in [1.29, 1.82) is 5.26 Å². The van der Waals surface area contributed by atoms with Gasteiger partial charge >= 0.3 is 11.9 Å². The van der Waals surface area contributed by atoms with E-state index in [1.165, 1.54) is 23.9 Å². The van der Waals surface area contributed by atoms with Crippen LogP contribution in [0.2, 0.25) is 0 Å². The summed E-state index contributed by atoms with van der Waals surface area (Å²) < 4.78 is 19.6. The molecular formula is C30H22FN5O5S. The van der Waals surface area contributed by atoms with Gasteiger partial charge in [-0.1, -0.05) is 18.2 Å². The highest BCUT2D eigenvalue weighted by atomic mass is 32.2. The summed E-state index contributed by atoms with van der Waals surface area (Å²) in [7, 11) is 0. The predicted molar refractivity (Wildman–Crippen MR) is 152 cm³/mol. The van der Waals surface area contributed by atoms with Gasteiger partial charge in [-0.15, -0.1) is 11.8 Å². The van der Waals surface area contributed by atoms with Crippen LogP contribution >= 0.6 is 11.8 Å². The number of carbonyl (C=O) groups is 4. The maximum atomic E-state index is 13.7. The maximum Gasteiger partial charge on any atom is 0.397 e. The molecule has 2 amide bonds. The molecule has 10 nitrogen and oxygen atoms in total. The number of rotatable bonds is 7. The molecule has 210 valence electrons. The van der Waals surface area contributed by atoms with Crippen LogP contribution in [0, 0.1) is 23.1 Å². The number of hydrogen-bond donors (Lipinski definition) is 2. The van der Waals surface area contributed by atoms with E-state index < -0.39 is 35.3 Å². The van der Waals surface area contributed by atoms with E-state index in [-0.39, 0.29) is 18.0 Å². The highest BCUT2D eigenvalue weighted by Gasteiger charge is 2.36. The number of ether oxygens (including phenoxy) is 1. The quantitative estimate of drug-likeness (QED) is 0.137. The van der Waals surface area contributed by atoms with Gasteiger partial charge in [-0.2, -0.15) is 10.4 Å². The summed E-state index contributed by atoms with van der Waals surface area (Å²) in [6.07, 6.45) is 0.